The van der Waals surface area contributed by atoms with Crippen molar-refractivity contribution in [2.75, 3.05) is 13.2 Å². The van der Waals surface area contributed by atoms with Crippen molar-refractivity contribution in [3.63, 3.8) is 0 Å². The molecule has 310 valence electrons. The second kappa shape index (κ2) is 18.7. The third kappa shape index (κ3) is 10.3. The van der Waals surface area contributed by atoms with Gasteiger partial charge in [-0.15, -0.1) is 0 Å². The molecule has 58 heavy (non-hydrogen) atoms. The zero-order valence-corrected chi connectivity index (χ0v) is 34.9. The minimum absolute atomic E-state index is 0.188. The van der Waals surface area contributed by atoms with Gasteiger partial charge in [0.15, 0.2) is 24.2 Å². The number of benzene rings is 4. The van der Waals surface area contributed by atoms with Gasteiger partial charge in [-0.2, -0.15) is 0 Å². The lowest BCUT2D eigenvalue weighted by Crippen LogP contribution is -2.63. The quantitative estimate of drug-likeness (QED) is 0.110. The maximum absolute atomic E-state index is 7.16. The van der Waals surface area contributed by atoms with Crippen LogP contribution >= 0.6 is 15.9 Å². The summed E-state index contributed by atoms with van der Waals surface area (Å²) in [5.41, 5.74) is 4.01. The van der Waals surface area contributed by atoms with Crippen molar-refractivity contribution in [2.45, 2.75) is 127 Å². The predicted octanol–water partition coefficient (Wildman–Crippen LogP) is 7.86. The van der Waals surface area contributed by atoms with Crippen molar-refractivity contribution in [1.29, 1.82) is 0 Å². The van der Waals surface area contributed by atoms with Crippen LogP contribution < -0.4 is 0 Å². The third-order valence-electron chi connectivity index (χ3n) is 10.7. The van der Waals surface area contributed by atoms with E-state index in [0.29, 0.717) is 26.4 Å². The Labute approximate surface area is 349 Å². The first-order chi connectivity index (χ1) is 28.1. The Hall–Kier alpha value is -3.08. The Balaban J connectivity index is 1.15. The zero-order valence-electron chi connectivity index (χ0n) is 33.4. The highest BCUT2D eigenvalue weighted by molar-refractivity contribution is 9.10. The molecule has 8 rings (SSSR count). The molecule has 11 nitrogen and oxygen atoms in total. The lowest BCUT2D eigenvalue weighted by Gasteiger charge is -2.47. The molecule has 0 N–H and O–H groups in total. The van der Waals surface area contributed by atoms with Gasteiger partial charge < -0.3 is 52.1 Å². The highest BCUT2D eigenvalue weighted by Crippen LogP contribution is 2.44. The van der Waals surface area contributed by atoms with Crippen LogP contribution in [0.5, 0.6) is 0 Å². The molecule has 4 aromatic carbocycles. The van der Waals surface area contributed by atoms with E-state index < -0.39 is 73.0 Å². The molecule has 12 heteroatoms. The standard InChI is InChI=1S/C46H53BrO11/c1-45(2)52-29-36(56-45)38-40(42-44(54-38)58-46(3,4)57-42)55-43-41(51-27-33-22-14-15-23-34(33)47)39(50-26-32-20-12-7-13-21-32)37(49-25-31-18-10-6-11-19-31)35(53-43)28-48-24-30-16-8-5-9-17-30/h5-23,35-44H,24-29H2,1-4H3/t35-,36+,37-,38-,39+,40+,41-,42-,43-,44-/m1/s1. The molecule has 0 aromatic heterocycles. The van der Waals surface area contributed by atoms with Crippen LogP contribution in [0.3, 0.4) is 0 Å². The second-order valence-electron chi connectivity index (χ2n) is 16.0. The van der Waals surface area contributed by atoms with Crippen LogP contribution in [-0.2, 0) is 78.5 Å². The van der Waals surface area contributed by atoms with Gasteiger partial charge in [-0.1, -0.05) is 125 Å². The van der Waals surface area contributed by atoms with Gasteiger partial charge >= 0.3 is 0 Å². The van der Waals surface area contributed by atoms with Gasteiger partial charge in [-0.25, -0.2) is 0 Å². The van der Waals surface area contributed by atoms with Gasteiger partial charge in [0.1, 0.15) is 48.8 Å². The maximum atomic E-state index is 7.16. The molecular formula is C46H53BrO11. The number of hydrogen-bond acceptors (Lipinski definition) is 11. The highest BCUT2D eigenvalue weighted by atomic mass is 79.9. The Morgan fingerprint density at radius 3 is 1.78 bits per heavy atom. The van der Waals surface area contributed by atoms with Crippen LogP contribution in [0.25, 0.3) is 0 Å². The van der Waals surface area contributed by atoms with Crippen LogP contribution in [-0.4, -0.2) is 86.2 Å². The minimum Gasteiger partial charge on any atom is -0.374 e. The fourth-order valence-electron chi connectivity index (χ4n) is 7.88. The molecule has 0 saturated carbocycles. The lowest BCUT2D eigenvalue weighted by atomic mass is 9.97. The van der Waals surface area contributed by atoms with Crippen molar-refractivity contribution in [2.24, 2.45) is 0 Å². The molecule has 4 aliphatic heterocycles. The van der Waals surface area contributed by atoms with Gasteiger partial charge in [0.05, 0.1) is 39.6 Å². The maximum Gasteiger partial charge on any atom is 0.190 e. The summed E-state index contributed by atoms with van der Waals surface area (Å²) in [6.07, 6.45) is -6.81. The van der Waals surface area contributed by atoms with Crippen molar-refractivity contribution in [1.82, 2.24) is 0 Å². The molecule has 0 bridgehead atoms. The summed E-state index contributed by atoms with van der Waals surface area (Å²) in [7, 11) is 0. The molecule has 4 aliphatic rings. The van der Waals surface area contributed by atoms with E-state index in [1.54, 1.807) is 0 Å². The van der Waals surface area contributed by atoms with Crippen molar-refractivity contribution >= 4 is 15.9 Å². The SMILES string of the molecule is CC1(C)O[C@H]2O[C@H]([C@@H]3COC(C)(C)O3)[C@H](O[C@H]3O[C@H](COCc4ccccc4)[C@@H](OCc4ccccc4)[C@H](OCc4ccccc4)[C@H]3OCc3ccccc3Br)[C@H]2O1. The monoisotopic (exact) mass is 860 g/mol. The topological polar surface area (TPSA) is 102 Å². The van der Waals surface area contributed by atoms with Crippen molar-refractivity contribution < 1.29 is 52.1 Å². The summed E-state index contributed by atoms with van der Waals surface area (Å²) in [4.78, 5) is 0. The first-order valence-corrected chi connectivity index (χ1v) is 20.8. The summed E-state index contributed by atoms with van der Waals surface area (Å²) >= 11 is 3.71. The molecule has 0 radical (unpaired) electrons. The predicted molar refractivity (Wildman–Crippen MR) is 216 cm³/mol. The number of halogens is 1. The van der Waals surface area contributed by atoms with Gasteiger partial charge in [0, 0.05) is 4.47 Å². The molecule has 4 aromatic rings. The number of ether oxygens (including phenoxy) is 11. The minimum atomic E-state index is -0.998. The molecule has 10 atom stereocenters. The van der Waals surface area contributed by atoms with Gasteiger partial charge in [-0.05, 0) is 56.0 Å². The summed E-state index contributed by atoms with van der Waals surface area (Å²) in [6, 6.07) is 38.1. The van der Waals surface area contributed by atoms with Gasteiger partial charge in [-0.3, -0.25) is 0 Å². The van der Waals surface area contributed by atoms with Crippen LogP contribution in [0, 0.1) is 0 Å². The first-order valence-electron chi connectivity index (χ1n) is 20.0. The average Bonchev–Trinajstić information content (AvgIpc) is 3.85. The van der Waals surface area contributed by atoms with E-state index in [-0.39, 0.29) is 13.2 Å². The van der Waals surface area contributed by atoms with Crippen LogP contribution in [0.15, 0.2) is 120 Å². The van der Waals surface area contributed by atoms with E-state index in [2.05, 4.69) is 15.9 Å². The fraction of sp³-hybridized carbons (Fsp3) is 0.478. The Morgan fingerprint density at radius 2 is 1.16 bits per heavy atom. The lowest BCUT2D eigenvalue weighted by molar-refractivity contribution is -0.345. The summed E-state index contributed by atoms with van der Waals surface area (Å²) in [5, 5.41) is 0. The van der Waals surface area contributed by atoms with Gasteiger partial charge in [0.2, 0.25) is 0 Å². The van der Waals surface area contributed by atoms with Crippen LogP contribution in [0.4, 0.5) is 0 Å². The smallest absolute Gasteiger partial charge is 0.190 e. The molecule has 0 spiro atoms. The molecule has 0 aliphatic carbocycles. The highest BCUT2D eigenvalue weighted by Gasteiger charge is 2.61. The number of fused-ring (bicyclic) bond motifs is 1. The van der Waals surface area contributed by atoms with Crippen molar-refractivity contribution in [3.05, 3.63) is 142 Å². The first kappa shape index (κ1) is 41.6. The van der Waals surface area contributed by atoms with E-state index in [1.165, 1.54) is 0 Å². The second-order valence-corrected chi connectivity index (χ2v) is 16.8. The Morgan fingerprint density at radius 1 is 0.569 bits per heavy atom. The molecule has 4 saturated heterocycles. The average molecular weight is 862 g/mol. The summed E-state index contributed by atoms with van der Waals surface area (Å²) in [5.74, 6) is -1.70. The fourth-order valence-corrected chi connectivity index (χ4v) is 8.28. The Kier molecular flexibility index (Phi) is 13.4. The van der Waals surface area contributed by atoms with Crippen molar-refractivity contribution in [3.8, 4) is 0 Å². The zero-order chi connectivity index (χ0) is 40.1. The molecule has 4 fully saturated rings. The van der Waals surface area contributed by atoms with E-state index >= 15 is 0 Å². The largest absolute Gasteiger partial charge is 0.374 e. The number of rotatable bonds is 16. The van der Waals surface area contributed by atoms with Gasteiger partial charge in [0.25, 0.3) is 0 Å². The summed E-state index contributed by atoms with van der Waals surface area (Å²) < 4.78 is 73.9. The molecule has 4 heterocycles. The molecular weight excluding hydrogens is 808 g/mol. The van der Waals surface area contributed by atoms with E-state index in [9.17, 15) is 0 Å². The van der Waals surface area contributed by atoms with Crippen LogP contribution in [0.2, 0.25) is 0 Å². The van der Waals surface area contributed by atoms with E-state index in [0.717, 1.165) is 26.7 Å². The molecule has 0 amide bonds. The summed E-state index contributed by atoms with van der Waals surface area (Å²) in [6.45, 7) is 9.21. The van der Waals surface area contributed by atoms with E-state index in [1.807, 2.05) is 143 Å². The number of hydrogen-bond donors (Lipinski definition) is 0. The van der Waals surface area contributed by atoms with Crippen LogP contribution in [0.1, 0.15) is 49.9 Å². The third-order valence-corrected chi connectivity index (χ3v) is 11.4. The molecule has 0 unspecified atom stereocenters. The Bertz CT molecular complexity index is 1880. The van der Waals surface area contributed by atoms with E-state index in [4.69, 9.17) is 52.1 Å². The normalized spacial score (nSPS) is 31.3.